The van der Waals surface area contributed by atoms with Crippen LogP contribution in [0.3, 0.4) is 0 Å². The van der Waals surface area contributed by atoms with Crippen LogP contribution < -0.4 is 16.0 Å². The molecule has 0 radical (unpaired) electrons. The molecule has 0 saturated heterocycles. The number of hydrogen-bond acceptors (Lipinski definition) is 9. The third kappa shape index (κ3) is 14.0. The number of nitrogens with zero attached hydrogens (tertiary/aromatic N) is 1. The summed E-state index contributed by atoms with van der Waals surface area (Å²) in [4.78, 5) is 80.9. The molecule has 13 nitrogen and oxygen atoms in total. The number of hydrogen-bond donors (Lipinski definition) is 3. The van der Waals surface area contributed by atoms with Crippen LogP contribution >= 0.6 is 0 Å². The lowest BCUT2D eigenvalue weighted by Crippen LogP contribution is -2.53. The molecule has 2 aromatic rings. The number of carbonyl (C=O) groups excluding carboxylic acids is 6. The highest BCUT2D eigenvalue weighted by Gasteiger charge is 2.38. The molecule has 0 bridgehead atoms. The summed E-state index contributed by atoms with van der Waals surface area (Å²) in [5.74, 6) is -3.05. The van der Waals surface area contributed by atoms with Gasteiger partial charge in [0.25, 0.3) is 17.7 Å². The van der Waals surface area contributed by atoms with Crippen LogP contribution in [0.4, 0.5) is 4.79 Å². The Balaban J connectivity index is 1.68. The first-order valence-corrected chi connectivity index (χ1v) is 19.3. The SMILES string of the molecule is CC[C@H](C)[C@H](NC(=O)OCc1ccccc1)C(=O)O[C@@H](CC(C)C)C(=O)N[C@@H](CC(C)C)C(=O)N[C@@H](C)/C=C/C(=O)N1C(=O)C=C(OC)[C@@H]1Cc1ccccc1. The van der Waals surface area contributed by atoms with Crippen LogP contribution in [-0.2, 0) is 51.2 Å². The molecule has 3 N–H and O–H groups in total. The summed E-state index contributed by atoms with van der Waals surface area (Å²) in [6.07, 6.45) is 3.31. The largest absolute Gasteiger partial charge is 0.499 e. The smallest absolute Gasteiger partial charge is 0.408 e. The summed E-state index contributed by atoms with van der Waals surface area (Å²) >= 11 is 0. The molecule has 56 heavy (non-hydrogen) atoms. The molecular weight excluding hydrogens is 716 g/mol. The Bertz CT molecular complexity index is 1690. The number of amides is 5. The van der Waals surface area contributed by atoms with E-state index in [0.717, 1.165) is 16.0 Å². The first-order chi connectivity index (χ1) is 26.6. The molecule has 6 atom stereocenters. The van der Waals surface area contributed by atoms with Crippen LogP contribution in [0.1, 0.15) is 78.9 Å². The quantitative estimate of drug-likeness (QED) is 0.118. The fourth-order valence-corrected chi connectivity index (χ4v) is 6.11. The maximum atomic E-state index is 13.8. The minimum absolute atomic E-state index is 0.00401. The predicted molar refractivity (Wildman–Crippen MR) is 211 cm³/mol. The number of ether oxygens (including phenoxy) is 3. The van der Waals surface area contributed by atoms with Gasteiger partial charge in [0.05, 0.1) is 7.11 Å². The zero-order valence-electron chi connectivity index (χ0n) is 33.8. The highest BCUT2D eigenvalue weighted by atomic mass is 16.6. The van der Waals surface area contributed by atoms with Crippen molar-refractivity contribution >= 4 is 35.7 Å². The van der Waals surface area contributed by atoms with Crippen molar-refractivity contribution in [3.8, 4) is 0 Å². The van der Waals surface area contributed by atoms with Crippen LogP contribution in [0, 0.1) is 17.8 Å². The molecule has 304 valence electrons. The van der Waals surface area contributed by atoms with Gasteiger partial charge in [-0.05, 0) is 48.6 Å². The monoisotopic (exact) mass is 774 g/mol. The van der Waals surface area contributed by atoms with Crippen molar-refractivity contribution in [1.82, 2.24) is 20.9 Å². The number of alkyl carbamates (subject to hydrolysis) is 1. The molecule has 1 aliphatic rings. The van der Waals surface area contributed by atoms with Gasteiger partial charge in [0.15, 0.2) is 6.10 Å². The van der Waals surface area contributed by atoms with E-state index in [1.54, 1.807) is 13.8 Å². The molecule has 13 heteroatoms. The number of rotatable bonds is 20. The van der Waals surface area contributed by atoms with Gasteiger partial charge >= 0.3 is 12.1 Å². The van der Waals surface area contributed by atoms with Crippen molar-refractivity contribution in [1.29, 1.82) is 0 Å². The van der Waals surface area contributed by atoms with E-state index in [4.69, 9.17) is 14.2 Å². The second kappa shape index (κ2) is 22.2. The van der Waals surface area contributed by atoms with Crippen molar-refractivity contribution in [2.45, 2.75) is 111 Å². The summed E-state index contributed by atoms with van der Waals surface area (Å²) in [5, 5.41) is 8.21. The third-order valence-electron chi connectivity index (χ3n) is 9.32. The van der Waals surface area contributed by atoms with Crippen molar-refractivity contribution in [2.75, 3.05) is 7.11 Å². The highest BCUT2D eigenvalue weighted by Crippen LogP contribution is 2.25. The van der Waals surface area contributed by atoms with Gasteiger partial charge in [-0.3, -0.25) is 24.1 Å². The summed E-state index contributed by atoms with van der Waals surface area (Å²) in [5.41, 5.74) is 1.70. The molecule has 2 aromatic carbocycles. The average molecular weight is 775 g/mol. The van der Waals surface area contributed by atoms with E-state index in [-0.39, 0.29) is 37.2 Å². The Morgan fingerprint density at radius 3 is 1.98 bits per heavy atom. The van der Waals surface area contributed by atoms with E-state index in [1.807, 2.05) is 95.3 Å². The predicted octanol–water partition coefficient (Wildman–Crippen LogP) is 5.39. The second-order valence-corrected chi connectivity index (χ2v) is 15.0. The highest BCUT2D eigenvalue weighted by molar-refractivity contribution is 6.08. The van der Waals surface area contributed by atoms with Crippen LogP contribution in [0.2, 0.25) is 0 Å². The van der Waals surface area contributed by atoms with Crippen LogP contribution in [0.5, 0.6) is 0 Å². The fraction of sp³-hybridized carbons (Fsp3) is 0.488. The first-order valence-electron chi connectivity index (χ1n) is 19.3. The van der Waals surface area contributed by atoms with Gasteiger partial charge in [-0.25, -0.2) is 9.59 Å². The maximum absolute atomic E-state index is 13.8. The van der Waals surface area contributed by atoms with Crippen molar-refractivity contribution in [3.63, 3.8) is 0 Å². The molecule has 0 aromatic heterocycles. The standard InChI is InChI=1S/C43H58N4O9/c1-9-29(6)39(46-43(53)55-26-32-18-14-11-15-19-32)42(52)56-36(23-28(4)5)41(51)45-33(22-27(2)3)40(50)44-30(7)20-21-37(48)47-34(35(54-8)25-38(47)49)24-31-16-12-10-13-17-31/h10-21,25,27-30,33-34,36,39H,9,22-24,26H2,1-8H3,(H,44,50)(H,45,51)(H,46,53)/b21-20+/t29-,30-,33-,34-,36-,39-/m0/s1. The van der Waals surface area contributed by atoms with Gasteiger partial charge in [-0.2, -0.15) is 0 Å². The summed E-state index contributed by atoms with van der Waals surface area (Å²) in [6.45, 7) is 12.9. The molecule has 0 unspecified atom stereocenters. The van der Waals surface area contributed by atoms with Gasteiger partial charge in [-0.15, -0.1) is 0 Å². The fourth-order valence-electron chi connectivity index (χ4n) is 6.11. The van der Waals surface area contributed by atoms with E-state index < -0.39 is 66.0 Å². The van der Waals surface area contributed by atoms with E-state index in [9.17, 15) is 28.8 Å². The topological polar surface area (TPSA) is 169 Å². The normalized spacial score (nSPS) is 16.8. The number of carbonyl (C=O) groups is 6. The van der Waals surface area contributed by atoms with Crippen molar-refractivity contribution in [2.24, 2.45) is 17.8 Å². The minimum Gasteiger partial charge on any atom is -0.499 e. The third-order valence-corrected chi connectivity index (χ3v) is 9.32. The number of esters is 1. The van der Waals surface area contributed by atoms with Gasteiger partial charge < -0.3 is 30.2 Å². The molecule has 0 fully saturated rings. The minimum atomic E-state index is -1.25. The molecular formula is C43H58N4O9. The Labute approximate surface area is 330 Å². The van der Waals surface area contributed by atoms with E-state index >= 15 is 0 Å². The summed E-state index contributed by atoms with van der Waals surface area (Å²) < 4.78 is 16.5. The molecule has 3 rings (SSSR count). The molecule has 1 aliphatic heterocycles. The lowest BCUT2D eigenvalue weighted by atomic mass is 9.98. The zero-order valence-corrected chi connectivity index (χ0v) is 33.8. The van der Waals surface area contributed by atoms with Crippen LogP contribution in [0.25, 0.3) is 0 Å². The van der Waals surface area contributed by atoms with Gasteiger partial charge in [-0.1, -0.05) is 115 Å². The number of imide groups is 1. The van der Waals surface area contributed by atoms with Gasteiger partial charge in [0, 0.05) is 24.6 Å². The van der Waals surface area contributed by atoms with E-state index in [0.29, 0.717) is 18.6 Å². The Morgan fingerprint density at radius 1 is 0.804 bits per heavy atom. The first kappa shape index (κ1) is 44.9. The number of benzene rings is 2. The zero-order chi connectivity index (χ0) is 41.4. The average Bonchev–Trinajstić information content (AvgIpc) is 3.48. The maximum Gasteiger partial charge on any atom is 0.408 e. The van der Waals surface area contributed by atoms with Crippen molar-refractivity contribution in [3.05, 3.63) is 95.8 Å². The van der Waals surface area contributed by atoms with Crippen LogP contribution in [-0.4, -0.2) is 78.0 Å². The lowest BCUT2D eigenvalue weighted by molar-refractivity contribution is -0.160. The Kier molecular flexibility index (Phi) is 17.8. The number of methoxy groups -OCH3 is 1. The van der Waals surface area contributed by atoms with Gasteiger partial charge in [0.1, 0.15) is 30.5 Å². The summed E-state index contributed by atoms with van der Waals surface area (Å²) in [7, 11) is 1.45. The lowest BCUT2D eigenvalue weighted by Gasteiger charge is -2.28. The molecule has 1 heterocycles. The van der Waals surface area contributed by atoms with Crippen molar-refractivity contribution < 1.29 is 43.0 Å². The Morgan fingerprint density at radius 2 is 1.41 bits per heavy atom. The number of nitrogens with one attached hydrogen (secondary N) is 3. The summed E-state index contributed by atoms with van der Waals surface area (Å²) in [6, 6.07) is 15.2. The molecule has 5 amide bonds. The van der Waals surface area contributed by atoms with Crippen LogP contribution in [0.15, 0.2) is 84.7 Å². The molecule has 0 saturated carbocycles. The van der Waals surface area contributed by atoms with E-state index in [2.05, 4.69) is 16.0 Å². The molecule has 0 aliphatic carbocycles. The Hall–Kier alpha value is -5.46. The van der Waals surface area contributed by atoms with E-state index in [1.165, 1.54) is 25.3 Å². The second-order valence-electron chi connectivity index (χ2n) is 15.0. The van der Waals surface area contributed by atoms with Gasteiger partial charge in [0.2, 0.25) is 5.91 Å². The molecule has 0 spiro atoms.